The minimum Gasteiger partial charge on any atom is -0.327 e. The van der Waals surface area contributed by atoms with Crippen molar-refractivity contribution in [3.63, 3.8) is 0 Å². The zero-order chi connectivity index (χ0) is 28.8. The molecule has 2 aliphatic rings. The molecule has 0 unspecified atom stereocenters. The maximum absolute atomic E-state index is 4.49. The van der Waals surface area contributed by atoms with E-state index in [1.807, 2.05) is 6.20 Å². The van der Waals surface area contributed by atoms with Crippen LogP contribution in [0.5, 0.6) is 0 Å². The summed E-state index contributed by atoms with van der Waals surface area (Å²) in [6, 6.07) is 17.2. The number of hydrogen-bond acceptors (Lipinski definition) is 4. The zero-order valence-corrected chi connectivity index (χ0v) is 26.3. The zero-order valence-electron chi connectivity index (χ0n) is 25.5. The molecule has 0 bridgehead atoms. The van der Waals surface area contributed by atoms with Crippen molar-refractivity contribution < 1.29 is 0 Å². The van der Waals surface area contributed by atoms with Crippen molar-refractivity contribution in [3.8, 4) is 11.1 Å². The summed E-state index contributed by atoms with van der Waals surface area (Å²) in [7, 11) is 0. The van der Waals surface area contributed by atoms with Crippen LogP contribution in [-0.4, -0.2) is 18.0 Å². The van der Waals surface area contributed by atoms with Gasteiger partial charge in [-0.05, 0) is 72.9 Å². The average molecular weight is 544 g/mol. The number of rotatable bonds is 9. The molecular formula is C35H49N3S. The Morgan fingerprint density at radius 3 is 2.18 bits per heavy atom. The molecule has 2 aliphatic heterocycles. The van der Waals surface area contributed by atoms with Crippen LogP contribution in [0.3, 0.4) is 0 Å². The Labute approximate surface area is 242 Å². The molecule has 0 atom stereocenters. The maximum atomic E-state index is 4.49. The minimum atomic E-state index is 0.357. The van der Waals surface area contributed by atoms with Crippen LogP contribution in [0.25, 0.3) is 11.1 Å². The van der Waals surface area contributed by atoms with Gasteiger partial charge in [0, 0.05) is 28.9 Å². The fraction of sp³-hybridized carbons (Fsp3) is 0.429. The number of nitrogens with one attached hydrogen (secondary N) is 1. The molecule has 39 heavy (non-hydrogen) atoms. The average Bonchev–Trinajstić information content (AvgIpc) is 3.58. The second-order valence-corrected chi connectivity index (χ2v) is 11.8. The van der Waals surface area contributed by atoms with Crippen molar-refractivity contribution in [2.75, 3.05) is 6.54 Å². The van der Waals surface area contributed by atoms with Crippen LogP contribution in [0.4, 0.5) is 0 Å². The first-order valence-corrected chi connectivity index (χ1v) is 15.2. The minimum absolute atomic E-state index is 0.357. The summed E-state index contributed by atoms with van der Waals surface area (Å²) < 4.78 is 3.50. The molecule has 4 heteroatoms. The van der Waals surface area contributed by atoms with E-state index in [1.165, 1.54) is 64.1 Å². The predicted octanol–water partition coefficient (Wildman–Crippen LogP) is 10.6. The molecule has 0 saturated carbocycles. The van der Waals surface area contributed by atoms with Gasteiger partial charge in [0.15, 0.2) is 0 Å². The third-order valence-corrected chi connectivity index (χ3v) is 8.05. The van der Waals surface area contributed by atoms with Crippen LogP contribution in [-0.2, 0) is 0 Å². The molecule has 2 aromatic carbocycles. The first-order valence-electron chi connectivity index (χ1n) is 14.4. The van der Waals surface area contributed by atoms with Crippen LogP contribution < -0.4 is 4.72 Å². The molecule has 2 aromatic rings. The second kappa shape index (κ2) is 16.3. The van der Waals surface area contributed by atoms with Crippen molar-refractivity contribution in [1.82, 2.24) is 4.72 Å². The molecule has 2 heterocycles. The Bertz CT molecular complexity index is 1200. The van der Waals surface area contributed by atoms with Crippen LogP contribution in [0.15, 0.2) is 99.1 Å². The summed E-state index contributed by atoms with van der Waals surface area (Å²) >= 11 is 1.66. The molecule has 3 nitrogen and oxygen atoms in total. The molecular weight excluding hydrogens is 494 g/mol. The summed E-state index contributed by atoms with van der Waals surface area (Å²) in [5.41, 5.74) is 10.0. The number of aliphatic imine (C=N–C) groups is 2. The summed E-state index contributed by atoms with van der Waals surface area (Å²) in [4.78, 5) is 10.1. The molecule has 4 rings (SSSR count). The number of unbranched alkanes of at least 4 members (excludes halogenated alkanes) is 1. The van der Waals surface area contributed by atoms with Gasteiger partial charge in [0.1, 0.15) is 0 Å². The predicted molar refractivity (Wildman–Crippen MR) is 176 cm³/mol. The highest BCUT2D eigenvalue weighted by Gasteiger charge is 2.17. The van der Waals surface area contributed by atoms with E-state index in [9.17, 15) is 0 Å². The van der Waals surface area contributed by atoms with E-state index >= 15 is 0 Å². The maximum Gasteiger partial charge on any atom is 0.0801 e. The van der Waals surface area contributed by atoms with Gasteiger partial charge in [0.2, 0.25) is 0 Å². The van der Waals surface area contributed by atoms with E-state index < -0.39 is 0 Å². The number of hydrogen-bond donors (Lipinski definition) is 1. The highest BCUT2D eigenvalue weighted by Crippen LogP contribution is 2.32. The van der Waals surface area contributed by atoms with Crippen LogP contribution >= 0.6 is 11.9 Å². The molecule has 210 valence electrons. The first kappa shape index (κ1) is 32.4. The highest BCUT2D eigenvalue weighted by molar-refractivity contribution is 7.97. The number of benzene rings is 2. The largest absolute Gasteiger partial charge is 0.327 e. The Morgan fingerprint density at radius 2 is 1.64 bits per heavy atom. The van der Waals surface area contributed by atoms with Crippen molar-refractivity contribution >= 4 is 23.4 Å². The van der Waals surface area contributed by atoms with E-state index in [4.69, 9.17) is 0 Å². The van der Waals surface area contributed by atoms with Gasteiger partial charge >= 0.3 is 0 Å². The lowest BCUT2D eigenvalue weighted by atomic mass is 9.81. The summed E-state index contributed by atoms with van der Waals surface area (Å²) in [5.74, 6) is 0. The summed E-state index contributed by atoms with van der Waals surface area (Å²) in [6.45, 7) is 22.1. The number of nitrogens with zero attached hydrogens (tertiary/aromatic N) is 2. The van der Waals surface area contributed by atoms with Crippen LogP contribution in [0.2, 0.25) is 0 Å². The Hall–Kier alpha value is -2.85. The Balaban J connectivity index is 0.000000346. The third-order valence-electron chi connectivity index (χ3n) is 7.13. The molecule has 0 aromatic heterocycles. The lowest BCUT2D eigenvalue weighted by Crippen LogP contribution is -2.11. The summed E-state index contributed by atoms with van der Waals surface area (Å²) in [5, 5.41) is 0. The van der Waals surface area contributed by atoms with Crippen molar-refractivity contribution in [2.24, 2.45) is 15.4 Å². The molecule has 0 aliphatic carbocycles. The third kappa shape index (κ3) is 10.0. The fourth-order valence-electron chi connectivity index (χ4n) is 3.90. The molecule has 1 N–H and O–H groups in total. The van der Waals surface area contributed by atoms with Crippen molar-refractivity contribution in [1.29, 1.82) is 0 Å². The standard InChI is InChI=1S/C22H21N3S.C10H20.C3H8/c1-15-16(2)24-14-21(15)25-26-22-8-4-3-6-19(22)17-9-11-18(12-10-17)20-7-5-13-23-20;1-6-7-8-10(4,5)9(2)3;1-3-2/h3-6,8-13,25H,7,14H2,1-2H3;2,6-8H2,1,3-5H3;3H2,1-2H3. The van der Waals surface area contributed by atoms with Gasteiger partial charge in [-0.1, -0.05) is 115 Å². The lowest BCUT2D eigenvalue weighted by Gasteiger charge is -2.24. The van der Waals surface area contributed by atoms with E-state index in [-0.39, 0.29) is 0 Å². The molecule has 0 saturated heterocycles. The topological polar surface area (TPSA) is 36.8 Å². The van der Waals surface area contributed by atoms with Gasteiger partial charge in [-0.25, -0.2) is 0 Å². The van der Waals surface area contributed by atoms with Crippen molar-refractivity contribution in [2.45, 2.75) is 92.4 Å². The highest BCUT2D eigenvalue weighted by atomic mass is 32.2. The molecule has 0 fully saturated rings. The molecule has 0 radical (unpaired) electrons. The van der Waals surface area contributed by atoms with Gasteiger partial charge in [-0.3, -0.25) is 9.98 Å². The normalized spacial score (nSPS) is 14.2. The van der Waals surface area contributed by atoms with Gasteiger partial charge in [0.05, 0.1) is 12.3 Å². The Morgan fingerprint density at radius 1 is 1.00 bits per heavy atom. The lowest BCUT2D eigenvalue weighted by molar-refractivity contribution is 0.393. The van der Waals surface area contributed by atoms with Gasteiger partial charge in [-0.2, -0.15) is 0 Å². The summed E-state index contributed by atoms with van der Waals surface area (Å²) in [6.07, 6.45) is 10.0. The quantitative estimate of drug-likeness (QED) is 0.252. The van der Waals surface area contributed by atoms with Crippen molar-refractivity contribution in [3.05, 3.63) is 89.8 Å². The first-order chi connectivity index (χ1) is 18.6. The monoisotopic (exact) mass is 543 g/mol. The Kier molecular flexibility index (Phi) is 13.5. The van der Waals surface area contributed by atoms with E-state index in [0.29, 0.717) is 5.41 Å². The van der Waals surface area contributed by atoms with E-state index in [2.05, 4.69) is 131 Å². The fourth-order valence-corrected chi connectivity index (χ4v) is 4.79. The van der Waals surface area contributed by atoms with Gasteiger partial charge < -0.3 is 4.72 Å². The number of allylic oxidation sites excluding steroid dienone is 3. The smallest absolute Gasteiger partial charge is 0.0801 e. The SMILES string of the molecule is C=C(C)C(C)(C)CCCC.CC1=NCC(NSc2ccccc2-c2ccc(C3=NC=CC3)cc2)=C1C.CCC. The van der Waals surface area contributed by atoms with E-state index in [1.54, 1.807) is 11.9 Å². The van der Waals surface area contributed by atoms with E-state index in [0.717, 1.165) is 24.4 Å². The van der Waals surface area contributed by atoms with Gasteiger partial charge in [-0.15, -0.1) is 0 Å². The molecule has 0 amide bonds. The second-order valence-electron chi connectivity index (χ2n) is 10.9. The van der Waals surface area contributed by atoms with Crippen LogP contribution in [0, 0.1) is 5.41 Å². The van der Waals surface area contributed by atoms with Crippen LogP contribution in [0.1, 0.15) is 93.1 Å². The van der Waals surface area contributed by atoms with Gasteiger partial charge in [0.25, 0.3) is 0 Å². The molecule has 0 spiro atoms.